The Labute approximate surface area is 184 Å². The maximum absolute atomic E-state index is 13.9. The molecule has 4 aromatic rings. The lowest BCUT2D eigenvalue weighted by Gasteiger charge is -2.24. The van der Waals surface area contributed by atoms with Gasteiger partial charge in [-0.2, -0.15) is 0 Å². The maximum atomic E-state index is 13.9. The largest absolute Gasteiger partial charge is 0.493 e. The first-order chi connectivity index (χ1) is 15.4. The van der Waals surface area contributed by atoms with Crippen molar-refractivity contribution >= 4 is 33.3 Å². The van der Waals surface area contributed by atoms with Gasteiger partial charge in [0, 0.05) is 5.56 Å². The number of fused-ring (bicyclic) bond motifs is 2. The van der Waals surface area contributed by atoms with Crippen LogP contribution in [0.4, 0.5) is 9.52 Å². The molecule has 0 saturated carbocycles. The monoisotopic (exact) mass is 453 g/mol. The van der Waals surface area contributed by atoms with Crippen molar-refractivity contribution in [3.8, 4) is 11.5 Å². The van der Waals surface area contributed by atoms with Crippen LogP contribution in [0.5, 0.6) is 11.5 Å². The minimum absolute atomic E-state index is 0.0405. The van der Waals surface area contributed by atoms with E-state index in [1.165, 1.54) is 42.6 Å². The van der Waals surface area contributed by atoms with Gasteiger partial charge in [0.1, 0.15) is 22.4 Å². The van der Waals surface area contributed by atoms with Crippen LogP contribution in [0.1, 0.15) is 32.7 Å². The van der Waals surface area contributed by atoms with Crippen molar-refractivity contribution in [1.29, 1.82) is 0 Å². The number of benzene rings is 2. The second kappa shape index (κ2) is 7.41. The first-order valence-corrected chi connectivity index (χ1v) is 10.4. The Morgan fingerprint density at radius 2 is 1.94 bits per heavy atom. The fourth-order valence-electron chi connectivity index (χ4n) is 3.95. The lowest BCUT2D eigenvalue weighted by atomic mass is 9.97. The summed E-state index contributed by atoms with van der Waals surface area (Å²) in [5.74, 6) is -0.478. The molecule has 2 aromatic heterocycles. The zero-order valence-corrected chi connectivity index (χ0v) is 18.0. The number of amides is 1. The van der Waals surface area contributed by atoms with Crippen LogP contribution in [-0.4, -0.2) is 30.3 Å². The number of rotatable bonds is 4. The van der Waals surface area contributed by atoms with Crippen molar-refractivity contribution in [2.75, 3.05) is 19.1 Å². The Morgan fingerprint density at radius 1 is 1.12 bits per heavy atom. The molecule has 8 nitrogen and oxygen atoms in total. The molecule has 2 aromatic carbocycles. The number of para-hydroxylation sites is 1. The zero-order valence-electron chi connectivity index (χ0n) is 17.2. The fraction of sp³-hybridized carbons (Fsp3) is 0.182. The van der Waals surface area contributed by atoms with Gasteiger partial charge < -0.3 is 13.9 Å². The highest BCUT2D eigenvalue weighted by molar-refractivity contribution is 7.15. The molecule has 0 saturated heterocycles. The van der Waals surface area contributed by atoms with Crippen LogP contribution in [0, 0.1) is 12.7 Å². The summed E-state index contributed by atoms with van der Waals surface area (Å²) < 4.78 is 30.7. The normalized spacial score (nSPS) is 15.3. The first kappa shape index (κ1) is 20.1. The average Bonchev–Trinajstić information content (AvgIpc) is 3.34. The third-order valence-corrected chi connectivity index (χ3v) is 6.12. The predicted octanol–water partition coefficient (Wildman–Crippen LogP) is 3.86. The minimum atomic E-state index is -0.932. The van der Waals surface area contributed by atoms with E-state index in [0.717, 1.165) is 6.07 Å². The van der Waals surface area contributed by atoms with Gasteiger partial charge in [0.2, 0.25) is 10.9 Å². The van der Waals surface area contributed by atoms with Crippen LogP contribution < -0.4 is 19.8 Å². The molecule has 0 radical (unpaired) electrons. The minimum Gasteiger partial charge on any atom is -0.493 e. The van der Waals surface area contributed by atoms with Crippen LogP contribution in [0.25, 0.3) is 11.0 Å². The van der Waals surface area contributed by atoms with Crippen LogP contribution >= 0.6 is 11.3 Å². The fourth-order valence-corrected chi connectivity index (χ4v) is 4.66. The Hall–Kier alpha value is -3.79. The van der Waals surface area contributed by atoms with Gasteiger partial charge in [0.15, 0.2) is 16.9 Å². The van der Waals surface area contributed by atoms with Gasteiger partial charge in [-0.25, -0.2) is 4.39 Å². The predicted molar refractivity (Wildman–Crippen MR) is 115 cm³/mol. The number of anilines is 1. The Morgan fingerprint density at radius 3 is 2.62 bits per heavy atom. The Kier molecular flexibility index (Phi) is 4.66. The van der Waals surface area contributed by atoms with Crippen molar-refractivity contribution in [2.24, 2.45) is 0 Å². The van der Waals surface area contributed by atoms with Gasteiger partial charge in [0.05, 0.1) is 25.2 Å². The highest BCUT2D eigenvalue weighted by Crippen LogP contribution is 2.46. The van der Waals surface area contributed by atoms with Crippen LogP contribution in [-0.2, 0) is 0 Å². The molecule has 5 rings (SSSR count). The molecule has 1 atom stereocenters. The van der Waals surface area contributed by atoms with Gasteiger partial charge in [0.25, 0.3) is 5.91 Å². The second-order valence-electron chi connectivity index (χ2n) is 7.08. The number of ether oxygens (including phenoxy) is 2. The number of hydrogen-bond donors (Lipinski definition) is 0. The molecule has 0 aliphatic carbocycles. The number of aromatic nitrogens is 2. The second-order valence-corrected chi connectivity index (χ2v) is 8.24. The molecule has 0 fully saturated rings. The molecule has 3 heterocycles. The molecule has 0 spiro atoms. The number of hydrogen-bond acceptors (Lipinski definition) is 8. The summed E-state index contributed by atoms with van der Waals surface area (Å²) in [6.07, 6.45) is 0. The van der Waals surface area contributed by atoms with Crippen LogP contribution in [0.2, 0.25) is 0 Å². The van der Waals surface area contributed by atoms with Gasteiger partial charge in [-0.05, 0) is 31.2 Å². The summed E-state index contributed by atoms with van der Waals surface area (Å²) in [5, 5.41) is 9.11. The van der Waals surface area contributed by atoms with E-state index in [1.807, 2.05) is 0 Å². The van der Waals surface area contributed by atoms with Crippen molar-refractivity contribution in [3.05, 3.63) is 74.3 Å². The zero-order chi connectivity index (χ0) is 22.6. The molecule has 1 aliphatic heterocycles. The summed E-state index contributed by atoms with van der Waals surface area (Å²) in [4.78, 5) is 28.4. The summed E-state index contributed by atoms with van der Waals surface area (Å²) in [5.41, 5.74) is 0.185. The number of carbonyl (C=O) groups is 1. The molecule has 0 N–H and O–H groups in total. The van der Waals surface area contributed by atoms with Crippen LogP contribution in [0.15, 0.2) is 45.6 Å². The van der Waals surface area contributed by atoms with Gasteiger partial charge >= 0.3 is 0 Å². The van der Waals surface area contributed by atoms with Gasteiger partial charge in [-0.1, -0.05) is 23.5 Å². The van der Waals surface area contributed by atoms with E-state index in [1.54, 1.807) is 25.1 Å². The topological polar surface area (TPSA) is 94.8 Å². The van der Waals surface area contributed by atoms with E-state index in [-0.39, 0.29) is 22.3 Å². The van der Waals surface area contributed by atoms with Gasteiger partial charge in [-0.3, -0.25) is 14.5 Å². The Bertz CT molecular complexity index is 1450. The number of halogens is 1. The number of aryl methyl sites for hydroxylation is 1. The first-order valence-electron chi connectivity index (χ1n) is 9.55. The van der Waals surface area contributed by atoms with E-state index in [2.05, 4.69) is 10.2 Å². The highest BCUT2D eigenvalue weighted by Gasteiger charge is 2.46. The molecule has 162 valence electrons. The van der Waals surface area contributed by atoms with E-state index >= 15 is 0 Å². The third kappa shape index (κ3) is 2.87. The standard InChI is InChI=1S/C22H16FN3O5S/c1-10-24-25-22(32-10)26-17(12-5-4-6-15(29-2)19(12)30-3)16-18(27)13-9-11(23)7-8-14(13)31-20(16)21(26)28/h4-9,17H,1-3H3. The number of methoxy groups -OCH3 is 2. The highest BCUT2D eigenvalue weighted by atomic mass is 32.1. The maximum Gasteiger partial charge on any atom is 0.297 e. The van der Waals surface area contributed by atoms with E-state index in [0.29, 0.717) is 27.2 Å². The molecule has 0 bridgehead atoms. The molecule has 10 heteroatoms. The Balaban J connectivity index is 1.86. The average molecular weight is 453 g/mol. The lowest BCUT2D eigenvalue weighted by Crippen LogP contribution is -2.29. The van der Waals surface area contributed by atoms with E-state index in [9.17, 15) is 14.0 Å². The molecule has 32 heavy (non-hydrogen) atoms. The van der Waals surface area contributed by atoms with Crippen molar-refractivity contribution in [1.82, 2.24) is 10.2 Å². The molecular formula is C22H16FN3O5S. The molecular weight excluding hydrogens is 437 g/mol. The lowest BCUT2D eigenvalue weighted by molar-refractivity contribution is 0.0970. The number of carbonyl (C=O) groups excluding carboxylic acids is 1. The SMILES string of the molecule is COc1cccc(C2c3c(oc4ccc(F)cc4c3=O)C(=O)N2c2nnc(C)s2)c1OC. The molecule has 1 amide bonds. The van der Waals surface area contributed by atoms with Crippen molar-refractivity contribution < 1.29 is 23.1 Å². The van der Waals surface area contributed by atoms with Gasteiger partial charge in [-0.15, -0.1) is 10.2 Å². The summed E-state index contributed by atoms with van der Waals surface area (Å²) >= 11 is 1.20. The van der Waals surface area contributed by atoms with Crippen LogP contribution in [0.3, 0.4) is 0 Å². The van der Waals surface area contributed by atoms with Crippen molar-refractivity contribution in [2.45, 2.75) is 13.0 Å². The summed E-state index contributed by atoms with van der Waals surface area (Å²) in [7, 11) is 2.96. The molecule has 1 aliphatic rings. The van der Waals surface area contributed by atoms with E-state index in [4.69, 9.17) is 13.9 Å². The summed E-state index contributed by atoms with van der Waals surface area (Å²) in [6, 6.07) is 7.83. The molecule has 1 unspecified atom stereocenters. The smallest absolute Gasteiger partial charge is 0.297 e. The van der Waals surface area contributed by atoms with Crippen molar-refractivity contribution in [3.63, 3.8) is 0 Å². The van der Waals surface area contributed by atoms with E-state index < -0.39 is 23.2 Å². The number of nitrogens with zero attached hydrogens (tertiary/aromatic N) is 3. The summed E-state index contributed by atoms with van der Waals surface area (Å²) in [6.45, 7) is 1.76. The quantitative estimate of drug-likeness (QED) is 0.463. The third-order valence-electron chi connectivity index (χ3n) is 5.28.